The van der Waals surface area contributed by atoms with E-state index in [1.54, 1.807) is 33.9 Å². The Morgan fingerprint density at radius 1 is 1.33 bits per heavy atom. The van der Waals surface area contributed by atoms with Crippen molar-refractivity contribution in [2.24, 2.45) is 0 Å². The molecular formula is C17H23N3O4. The van der Waals surface area contributed by atoms with E-state index < -0.39 is 23.6 Å². The van der Waals surface area contributed by atoms with Crippen molar-refractivity contribution in [2.75, 3.05) is 11.9 Å². The van der Waals surface area contributed by atoms with Crippen molar-refractivity contribution in [3.8, 4) is 0 Å². The SMILES string of the molecule is CCOC(=O)[C@@H](CC(=O)OC(C)(C)C)Nc1ccc2[nH]ncc2c1. The highest BCUT2D eigenvalue weighted by Crippen LogP contribution is 2.19. The zero-order chi connectivity index (χ0) is 17.7. The first-order valence-electron chi connectivity index (χ1n) is 7.86. The zero-order valence-corrected chi connectivity index (χ0v) is 14.4. The van der Waals surface area contributed by atoms with Crippen molar-refractivity contribution in [3.63, 3.8) is 0 Å². The summed E-state index contributed by atoms with van der Waals surface area (Å²) in [5.74, 6) is -0.951. The minimum atomic E-state index is -0.816. The molecule has 1 heterocycles. The molecule has 0 fully saturated rings. The third kappa shape index (κ3) is 4.97. The molecule has 0 saturated carbocycles. The number of hydrogen-bond donors (Lipinski definition) is 2. The van der Waals surface area contributed by atoms with Gasteiger partial charge in [0.15, 0.2) is 0 Å². The molecule has 0 aliphatic carbocycles. The lowest BCUT2D eigenvalue weighted by Crippen LogP contribution is -2.36. The van der Waals surface area contributed by atoms with Crippen LogP contribution in [-0.4, -0.2) is 40.4 Å². The molecular weight excluding hydrogens is 310 g/mol. The lowest BCUT2D eigenvalue weighted by Gasteiger charge is -2.22. The van der Waals surface area contributed by atoms with E-state index in [1.807, 2.05) is 18.2 Å². The molecule has 1 aromatic heterocycles. The lowest BCUT2D eigenvalue weighted by molar-refractivity contribution is -0.158. The van der Waals surface area contributed by atoms with Gasteiger partial charge in [0.05, 0.1) is 24.7 Å². The second-order valence-electron chi connectivity index (χ2n) is 6.41. The van der Waals surface area contributed by atoms with E-state index in [0.717, 1.165) is 10.9 Å². The smallest absolute Gasteiger partial charge is 0.329 e. The largest absolute Gasteiger partial charge is 0.464 e. The molecule has 1 aromatic carbocycles. The van der Waals surface area contributed by atoms with Crippen LogP contribution in [0.3, 0.4) is 0 Å². The Morgan fingerprint density at radius 3 is 2.75 bits per heavy atom. The predicted octanol–water partition coefficient (Wildman–Crippen LogP) is 2.64. The molecule has 2 aromatic rings. The quantitative estimate of drug-likeness (QED) is 0.789. The maximum atomic E-state index is 12.2. The van der Waals surface area contributed by atoms with Gasteiger partial charge in [0, 0.05) is 11.1 Å². The van der Waals surface area contributed by atoms with Crippen LogP contribution in [0.25, 0.3) is 10.9 Å². The first-order chi connectivity index (χ1) is 11.3. The van der Waals surface area contributed by atoms with Crippen molar-refractivity contribution in [1.82, 2.24) is 10.2 Å². The van der Waals surface area contributed by atoms with Crippen molar-refractivity contribution in [2.45, 2.75) is 45.8 Å². The second-order valence-corrected chi connectivity index (χ2v) is 6.41. The van der Waals surface area contributed by atoms with Gasteiger partial charge in [-0.05, 0) is 45.9 Å². The average molecular weight is 333 g/mol. The summed E-state index contributed by atoms with van der Waals surface area (Å²) in [7, 11) is 0. The number of rotatable bonds is 6. The van der Waals surface area contributed by atoms with Crippen molar-refractivity contribution < 1.29 is 19.1 Å². The number of H-pyrrole nitrogens is 1. The van der Waals surface area contributed by atoms with Gasteiger partial charge in [-0.1, -0.05) is 0 Å². The topological polar surface area (TPSA) is 93.3 Å². The first-order valence-corrected chi connectivity index (χ1v) is 7.86. The predicted molar refractivity (Wildman–Crippen MR) is 90.6 cm³/mol. The number of hydrogen-bond acceptors (Lipinski definition) is 6. The number of anilines is 1. The average Bonchev–Trinajstić information content (AvgIpc) is 2.92. The van der Waals surface area contributed by atoms with Crippen molar-refractivity contribution >= 4 is 28.5 Å². The van der Waals surface area contributed by atoms with Crippen LogP contribution in [0.5, 0.6) is 0 Å². The van der Waals surface area contributed by atoms with Crippen LogP contribution in [0.4, 0.5) is 5.69 Å². The second kappa shape index (κ2) is 7.33. The van der Waals surface area contributed by atoms with Gasteiger partial charge in [0.25, 0.3) is 0 Å². The number of benzene rings is 1. The highest BCUT2D eigenvalue weighted by Gasteiger charge is 2.26. The van der Waals surface area contributed by atoms with Crippen molar-refractivity contribution in [3.05, 3.63) is 24.4 Å². The highest BCUT2D eigenvalue weighted by molar-refractivity contribution is 5.87. The fraction of sp³-hybridized carbons (Fsp3) is 0.471. The number of nitrogens with one attached hydrogen (secondary N) is 2. The number of carbonyl (C=O) groups is 2. The minimum absolute atomic E-state index is 0.112. The van der Waals surface area contributed by atoms with E-state index in [9.17, 15) is 9.59 Å². The molecule has 0 saturated heterocycles. The summed E-state index contributed by atoms with van der Waals surface area (Å²) in [6.07, 6.45) is 1.58. The molecule has 2 N–H and O–H groups in total. The summed E-state index contributed by atoms with van der Waals surface area (Å²) in [6, 6.07) is 4.69. The molecule has 0 amide bonds. The molecule has 24 heavy (non-hydrogen) atoms. The summed E-state index contributed by atoms with van der Waals surface area (Å²) < 4.78 is 10.3. The Hall–Kier alpha value is -2.57. The van der Waals surface area contributed by atoms with E-state index >= 15 is 0 Å². The third-order valence-electron chi connectivity index (χ3n) is 3.14. The molecule has 0 radical (unpaired) electrons. The van der Waals surface area contributed by atoms with Crippen LogP contribution in [0.1, 0.15) is 34.1 Å². The van der Waals surface area contributed by atoms with Crippen LogP contribution in [0.15, 0.2) is 24.4 Å². The molecule has 1 atom stereocenters. The highest BCUT2D eigenvalue weighted by atomic mass is 16.6. The maximum absolute atomic E-state index is 12.2. The van der Waals surface area contributed by atoms with Crippen LogP contribution >= 0.6 is 0 Å². The summed E-state index contributed by atoms with van der Waals surface area (Å²) in [5, 5.41) is 10.8. The fourth-order valence-electron chi connectivity index (χ4n) is 2.22. The van der Waals surface area contributed by atoms with Crippen LogP contribution in [-0.2, 0) is 19.1 Å². The van der Waals surface area contributed by atoms with Gasteiger partial charge in [-0.3, -0.25) is 9.89 Å². The molecule has 0 bridgehead atoms. The van der Waals surface area contributed by atoms with Gasteiger partial charge in [-0.25, -0.2) is 4.79 Å². The van der Waals surface area contributed by atoms with Gasteiger partial charge in [-0.2, -0.15) is 5.10 Å². The summed E-state index contributed by atoms with van der Waals surface area (Å²) in [5.41, 5.74) is 0.984. The first kappa shape index (κ1) is 17.8. The molecule has 7 nitrogen and oxygen atoms in total. The molecule has 0 spiro atoms. The number of nitrogens with zero attached hydrogens (tertiary/aromatic N) is 1. The summed E-state index contributed by atoms with van der Waals surface area (Å²) in [4.78, 5) is 24.2. The van der Waals surface area contributed by atoms with E-state index in [1.165, 1.54) is 0 Å². The Labute approximate surface area is 140 Å². The molecule has 0 aliphatic heterocycles. The Balaban J connectivity index is 2.12. The minimum Gasteiger partial charge on any atom is -0.464 e. The maximum Gasteiger partial charge on any atom is 0.329 e. The molecule has 0 aliphatic rings. The normalized spacial score (nSPS) is 12.7. The summed E-state index contributed by atoms with van der Waals surface area (Å²) >= 11 is 0. The van der Waals surface area contributed by atoms with Crippen molar-refractivity contribution in [1.29, 1.82) is 0 Å². The zero-order valence-electron chi connectivity index (χ0n) is 14.4. The van der Waals surface area contributed by atoms with Gasteiger partial charge in [0.1, 0.15) is 11.6 Å². The number of aromatic amines is 1. The standard InChI is InChI=1S/C17H23N3O4/c1-5-23-16(22)14(9-15(21)24-17(2,3)4)19-12-6-7-13-11(8-12)10-18-20-13/h6-8,10,14,19H,5,9H2,1-4H3,(H,18,20)/t14-/m1/s1. The van der Waals surface area contributed by atoms with E-state index in [4.69, 9.17) is 9.47 Å². The molecule has 0 unspecified atom stereocenters. The number of aromatic nitrogens is 2. The number of carbonyl (C=O) groups excluding carboxylic acids is 2. The number of ether oxygens (including phenoxy) is 2. The van der Waals surface area contributed by atoms with Crippen LogP contribution < -0.4 is 5.32 Å². The number of fused-ring (bicyclic) bond motifs is 1. The van der Waals surface area contributed by atoms with Gasteiger partial charge < -0.3 is 14.8 Å². The summed E-state index contributed by atoms with van der Waals surface area (Å²) in [6.45, 7) is 7.31. The van der Waals surface area contributed by atoms with Gasteiger partial charge in [0.2, 0.25) is 0 Å². The third-order valence-corrected chi connectivity index (χ3v) is 3.14. The van der Waals surface area contributed by atoms with Crippen LogP contribution in [0.2, 0.25) is 0 Å². The van der Waals surface area contributed by atoms with Gasteiger partial charge >= 0.3 is 11.9 Å². The lowest BCUT2D eigenvalue weighted by atomic mass is 10.1. The van der Waals surface area contributed by atoms with Gasteiger partial charge in [-0.15, -0.1) is 0 Å². The Morgan fingerprint density at radius 2 is 2.08 bits per heavy atom. The molecule has 130 valence electrons. The fourth-order valence-corrected chi connectivity index (χ4v) is 2.22. The Kier molecular flexibility index (Phi) is 5.43. The number of esters is 2. The monoisotopic (exact) mass is 333 g/mol. The van der Waals surface area contributed by atoms with E-state index in [-0.39, 0.29) is 13.0 Å². The molecule has 7 heteroatoms. The Bertz CT molecular complexity index is 718. The molecule has 2 rings (SSSR count). The van der Waals surface area contributed by atoms with E-state index in [0.29, 0.717) is 5.69 Å². The van der Waals surface area contributed by atoms with Crippen LogP contribution in [0, 0.1) is 0 Å². The van der Waals surface area contributed by atoms with E-state index in [2.05, 4.69) is 15.5 Å².